The van der Waals surface area contributed by atoms with E-state index in [0.717, 1.165) is 25.1 Å². The zero-order valence-electron chi connectivity index (χ0n) is 8.87. The molecule has 0 radical (unpaired) electrons. The molecule has 0 bridgehead atoms. The van der Waals surface area contributed by atoms with E-state index in [4.69, 9.17) is 4.74 Å². The van der Waals surface area contributed by atoms with Crippen LogP contribution in [-0.4, -0.2) is 31.3 Å². The lowest BCUT2D eigenvalue weighted by Gasteiger charge is -2.28. The highest BCUT2D eigenvalue weighted by molar-refractivity contribution is 5.41. The van der Waals surface area contributed by atoms with Crippen LogP contribution in [0.1, 0.15) is 12.5 Å². The summed E-state index contributed by atoms with van der Waals surface area (Å²) in [6, 6.07) is 1.57. The summed E-state index contributed by atoms with van der Waals surface area (Å²) in [6.45, 7) is 4.73. The van der Waals surface area contributed by atoms with Gasteiger partial charge in [-0.05, 0) is 18.1 Å². The average Bonchev–Trinajstić information content (AvgIpc) is 2.30. The van der Waals surface area contributed by atoms with Crippen LogP contribution < -0.4 is 4.90 Å². The van der Waals surface area contributed by atoms with Crippen molar-refractivity contribution in [2.45, 2.75) is 13.3 Å². The maximum Gasteiger partial charge on any atom is 0.165 e. The number of pyridine rings is 1. The topological polar surface area (TPSA) is 25.4 Å². The van der Waals surface area contributed by atoms with Gasteiger partial charge in [0.2, 0.25) is 0 Å². The highest BCUT2D eigenvalue weighted by Gasteiger charge is 2.16. The molecule has 0 atom stereocenters. The summed E-state index contributed by atoms with van der Waals surface area (Å²) in [5.74, 6) is 0.228. The van der Waals surface area contributed by atoms with Crippen molar-refractivity contribution in [3.05, 3.63) is 23.6 Å². The van der Waals surface area contributed by atoms with Crippen LogP contribution in [0.15, 0.2) is 12.3 Å². The van der Waals surface area contributed by atoms with Crippen LogP contribution in [-0.2, 0) is 11.2 Å². The van der Waals surface area contributed by atoms with Gasteiger partial charge in [-0.3, -0.25) is 0 Å². The third-order valence-electron chi connectivity index (χ3n) is 2.60. The molecule has 3 nitrogen and oxygen atoms in total. The van der Waals surface area contributed by atoms with Crippen molar-refractivity contribution in [2.24, 2.45) is 0 Å². The van der Waals surface area contributed by atoms with Gasteiger partial charge in [-0.2, -0.15) is 0 Å². The minimum atomic E-state index is -0.226. The molecule has 2 rings (SSSR count). The van der Waals surface area contributed by atoms with Crippen molar-refractivity contribution < 1.29 is 9.13 Å². The van der Waals surface area contributed by atoms with Crippen LogP contribution in [0.3, 0.4) is 0 Å². The molecule has 15 heavy (non-hydrogen) atoms. The molecule has 0 saturated carbocycles. The Morgan fingerprint density at radius 1 is 1.47 bits per heavy atom. The van der Waals surface area contributed by atoms with E-state index in [-0.39, 0.29) is 5.82 Å². The van der Waals surface area contributed by atoms with E-state index in [0.29, 0.717) is 19.0 Å². The monoisotopic (exact) mass is 210 g/mol. The minimum absolute atomic E-state index is 0.226. The van der Waals surface area contributed by atoms with Gasteiger partial charge in [0.1, 0.15) is 0 Å². The van der Waals surface area contributed by atoms with E-state index >= 15 is 0 Å². The van der Waals surface area contributed by atoms with Gasteiger partial charge < -0.3 is 9.64 Å². The predicted octanol–water partition coefficient (Wildman–Crippen LogP) is 1.62. The molecular weight excluding hydrogens is 195 g/mol. The Hall–Kier alpha value is -1.16. The first-order valence-electron chi connectivity index (χ1n) is 5.28. The van der Waals surface area contributed by atoms with Crippen molar-refractivity contribution >= 4 is 5.82 Å². The summed E-state index contributed by atoms with van der Waals surface area (Å²) in [5.41, 5.74) is 0.935. The highest BCUT2D eigenvalue weighted by Crippen LogP contribution is 2.18. The van der Waals surface area contributed by atoms with Crippen molar-refractivity contribution in [1.29, 1.82) is 0 Å². The van der Waals surface area contributed by atoms with Gasteiger partial charge in [-0.1, -0.05) is 6.92 Å². The molecule has 1 fully saturated rings. The van der Waals surface area contributed by atoms with E-state index in [1.165, 1.54) is 0 Å². The number of morpholine rings is 1. The molecule has 0 aliphatic carbocycles. The molecule has 1 aromatic heterocycles. The Bertz CT molecular complexity index is 337. The molecular formula is C11H15FN2O. The molecule has 1 saturated heterocycles. The van der Waals surface area contributed by atoms with Crippen LogP contribution >= 0.6 is 0 Å². The van der Waals surface area contributed by atoms with Crippen molar-refractivity contribution in [1.82, 2.24) is 4.98 Å². The van der Waals surface area contributed by atoms with Gasteiger partial charge in [0.05, 0.1) is 13.2 Å². The number of hydrogen-bond donors (Lipinski definition) is 0. The predicted molar refractivity (Wildman–Crippen MR) is 56.6 cm³/mol. The Balaban J connectivity index is 2.19. The molecule has 82 valence electrons. The second-order valence-corrected chi connectivity index (χ2v) is 3.60. The van der Waals surface area contributed by atoms with Gasteiger partial charge in [-0.15, -0.1) is 0 Å². The summed E-state index contributed by atoms with van der Waals surface area (Å²) in [7, 11) is 0. The summed E-state index contributed by atoms with van der Waals surface area (Å²) in [5, 5.41) is 0. The standard InChI is InChI=1S/C11H15FN2O/c1-2-9-7-10(12)11(13-8-9)14-3-5-15-6-4-14/h7-8H,2-6H2,1H3. The number of ether oxygens (including phenoxy) is 1. The maximum atomic E-state index is 13.7. The number of aryl methyl sites for hydroxylation is 1. The first kappa shape index (κ1) is 10.4. The average molecular weight is 210 g/mol. The summed E-state index contributed by atoms with van der Waals surface area (Å²) >= 11 is 0. The largest absolute Gasteiger partial charge is 0.378 e. The third-order valence-corrected chi connectivity index (χ3v) is 2.60. The second kappa shape index (κ2) is 4.57. The quantitative estimate of drug-likeness (QED) is 0.741. The van der Waals surface area contributed by atoms with Gasteiger partial charge in [0.25, 0.3) is 0 Å². The molecule has 0 amide bonds. The Morgan fingerprint density at radius 2 is 2.20 bits per heavy atom. The number of aromatic nitrogens is 1. The SMILES string of the molecule is CCc1cnc(N2CCOCC2)c(F)c1. The van der Waals surface area contributed by atoms with E-state index in [1.54, 1.807) is 12.3 Å². The minimum Gasteiger partial charge on any atom is -0.378 e. The first-order chi connectivity index (χ1) is 7.31. The Labute approximate surface area is 88.9 Å². The number of rotatable bonds is 2. The fourth-order valence-electron chi connectivity index (χ4n) is 1.67. The number of anilines is 1. The first-order valence-corrected chi connectivity index (χ1v) is 5.28. The lowest BCUT2D eigenvalue weighted by atomic mass is 10.2. The van der Waals surface area contributed by atoms with Gasteiger partial charge in [0.15, 0.2) is 11.6 Å². The van der Waals surface area contributed by atoms with Crippen LogP contribution in [0.2, 0.25) is 0 Å². The highest BCUT2D eigenvalue weighted by atomic mass is 19.1. The van der Waals surface area contributed by atoms with Crippen LogP contribution in [0, 0.1) is 5.82 Å². The normalized spacial score (nSPS) is 16.8. The fourth-order valence-corrected chi connectivity index (χ4v) is 1.67. The zero-order valence-corrected chi connectivity index (χ0v) is 8.87. The van der Waals surface area contributed by atoms with E-state index < -0.39 is 0 Å². The van der Waals surface area contributed by atoms with Gasteiger partial charge in [-0.25, -0.2) is 9.37 Å². The lowest BCUT2D eigenvalue weighted by molar-refractivity contribution is 0.122. The molecule has 4 heteroatoms. The Kier molecular flexibility index (Phi) is 3.16. The summed E-state index contributed by atoms with van der Waals surface area (Å²) in [4.78, 5) is 6.10. The van der Waals surface area contributed by atoms with E-state index in [1.807, 2.05) is 11.8 Å². The second-order valence-electron chi connectivity index (χ2n) is 3.60. The summed E-state index contributed by atoms with van der Waals surface area (Å²) in [6.07, 6.45) is 2.56. The number of nitrogens with zero attached hydrogens (tertiary/aromatic N) is 2. The van der Waals surface area contributed by atoms with Crippen LogP contribution in [0.25, 0.3) is 0 Å². The van der Waals surface area contributed by atoms with Crippen molar-refractivity contribution in [3.8, 4) is 0 Å². The fraction of sp³-hybridized carbons (Fsp3) is 0.545. The molecule has 0 aromatic carbocycles. The Morgan fingerprint density at radius 3 is 2.80 bits per heavy atom. The smallest absolute Gasteiger partial charge is 0.165 e. The summed E-state index contributed by atoms with van der Waals surface area (Å²) < 4.78 is 18.9. The van der Waals surface area contributed by atoms with E-state index in [9.17, 15) is 4.39 Å². The lowest BCUT2D eigenvalue weighted by Crippen LogP contribution is -2.37. The van der Waals surface area contributed by atoms with Crippen LogP contribution in [0.4, 0.5) is 10.2 Å². The molecule has 0 unspecified atom stereocenters. The number of halogens is 1. The number of hydrogen-bond acceptors (Lipinski definition) is 3. The molecule has 1 aromatic rings. The van der Waals surface area contributed by atoms with Crippen molar-refractivity contribution in [2.75, 3.05) is 31.2 Å². The van der Waals surface area contributed by atoms with E-state index in [2.05, 4.69) is 4.98 Å². The van der Waals surface area contributed by atoms with Crippen molar-refractivity contribution in [3.63, 3.8) is 0 Å². The molecule has 2 heterocycles. The van der Waals surface area contributed by atoms with Gasteiger partial charge in [0, 0.05) is 19.3 Å². The molecule has 1 aliphatic heterocycles. The zero-order chi connectivity index (χ0) is 10.7. The molecule has 0 N–H and O–H groups in total. The molecule has 1 aliphatic rings. The van der Waals surface area contributed by atoms with Crippen LogP contribution in [0.5, 0.6) is 0 Å². The third kappa shape index (κ3) is 2.26. The maximum absolute atomic E-state index is 13.7. The van der Waals surface area contributed by atoms with Gasteiger partial charge >= 0.3 is 0 Å². The molecule has 0 spiro atoms.